The molecule has 0 aromatic rings. The van der Waals surface area contributed by atoms with Crippen LogP contribution in [0.15, 0.2) is 0 Å². The van der Waals surface area contributed by atoms with E-state index in [2.05, 4.69) is 153 Å². The number of thiocarbonyl (C=S) groups is 1. The van der Waals surface area contributed by atoms with Crippen LogP contribution in [-0.2, 0) is 14.3 Å². The van der Waals surface area contributed by atoms with Crippen molar-refractivity contribution in [2.45, 2.75) is 417 Å². The molecule has 2 spiro atoms. The van der Waals surface area contributed by atoms with Crippen molar-refractivity contribution >= 4 is 56.8 Å². The van der Waals surface area contributed by atoms with Gasteiger partial charge in [-0.25, -0.2) is 0 Å². The van der Waals surface area contributed by atoms with Crippen LogP contribution in [0.2, 0.25) is 0 Å². The molecule has 0 bridgehead atoms. The zero-order valence-corrected chi connectivity index (χ0v) is 71.3. The van der Waals surface area contributed by atoms with Crippen molar-refractivity contribution in [3.05, 3.63) is 0 Å². The Kier molecular flexibility index (Phi) is 171. The average molecular weight is 1270 g/mol. The van der Waals surface area contributed by atoms with Gasteiger partial charge in [-0.2, -0.15) is 0 Å². The van der Waals surface area contributed by atoms with Crippen LogP contribution in [0.1, 0.15) is 382 Å². The number of likely N-dealkylation sites (tertiary alicyclic amines) is 4. The number of carbonyl (C=O) groups is 1. The van der Waals surface area contributed by atoms with E-state index in [-0.39, 0.29) is 33.7 Å². The minimum atomic E-state index is 0. The largest absolute Gasteiger partial charge is 0.377 e. The summed E-state index contributed by atoms with van der Waals surface area (Å²) in [6.07, 6.45) is 15.0. The van der Waals surface area contributed by atoms with E-state index in [0.717, 1.165) is 75.9 Å². The molecule has 0 aromatic carbocycles. The molecule has 0 unspecified atom stereocenters. The maximum Gasteiger partial charge on any atom is 0.222 e. The Hall–Kier alpha value is -0.540. The van der Waals surface area contributed by atoms with Crippen LogP contribution in [0.4, 0.5) is 0 Å². The summed E-state index contributed by atoms with van der Waals surface area (Å²) >= 11 is 5.23. The molecule has 0 saturated carbocycles. The Morgan fingerprint density at radius 3 is 0.648 bits per heavy atom. The van der Waals surface area contributed by atoms with E-state index in [1.165, 1.54) is 82.4 Å². The molecule has 0 N–H and O–H groups in total. The van der Waals surface area contributed by atoms with Gasteiger partial charge in [-0.05, 0) is 150 Å². The number of amides is 1. The van der Waals surface area contributed by atoms with Gasteiger partial charge in [-0.15, -0.1) is 0 Å². The maximum atomic E-state index is 11.2. The highest BCUT2D eigenvalue weighted by Gasteiger charge is 2.47. The van der Waals surface area contributed by atoms with Gasteiger partial charge in [0.25, 0.3) is 0 Å². The molecule has 12 radical (unpaired) electrons. The highest BCUT2D eigenvalue weighted by atomic mass is 32.1. The van der Waals surface area contributed by atoms with Crippen molar-refractivity contribution < 1.29 is 14.3 Å². The van der Waals surface area contributed by atoms with Crippen molar-refractivity contribution in [3.63, 3.8) is 0 Å². The zero-order chi connectivity index (χ0) is 70.6. The molecule has 0 aliphatic carbocycles. The van der Waals surface area contributed by atoms with E-state index in [1.54, 1.807) is 0 Å². The predicted molar refractivity (Wildman–Crippen MR) is 429 cm³/mol. The number of rotatable bonds is 4. The molecule has 0 atom stereocenters. The summed E-state index contributed by atoms with van der Waals surface area (Å²) < 4.78 is 10.7. The van der Waals surface area contributed by atoms with Crippen LogP contribution in [0.5, 0.6) is 0 Å². The third kappa shape index (κ3) is 91.9. The first-order valence-electron chi connectivity index (χ1n) is 37.1. The van der Waals surface area contributed by atoms with E-state index >= 15 is 0 Å². The SMILES string of the molecule is CC.CC.CC.CC.CC.CC.CC.CC.CC.CC.CC.CC.CC(C)C.CC(C)C.CC(C)C.CC(C)C.CC(C)N1CCCCC12COC2.CC(C)N1CCCCC12COC2.CC(C)N1CCCCC1=O.CC(C)N1CCCCC1=S.[B].[B].[B].[B]. The first kappa shape index (κ1) is 136. The highest BCUT2D eigenvalue weighted by molar-refractivity contribution is 7.80. The quantitative estimate of drug-likeness (QED) is 0.205. The van der Waals surface area contributed by atoms with Crippen molar-refractivity contribution in [1.82, 2.24) is 19.6 Å². The molecule has 6 rings (SSSR count). The average Bonchev–Trinajstić information content (AvgIpc) is 3.48. The summed E-state index contributed by atoms with van der Waals surface area (Å²) in [5.41, 5.74) is 0.902. The van der Waals surface area contributed by atoms with Crippen molar-refractivity contribution in [3.8, 4) is 0 Å². The van der Waals surface area contributed by atoms with Gasteiger partial charge < -0.3 is 19.3 Å². The van der Waals surface area contributed by atoms with Gasteiger partial charge in [0, 0.05) is 77.3 Å². The van der Waals surface area contributed by atoms with Crippen molar-refractivity contribution in [1.29, 1.82) is 0 Å². The zero-order valence-electron chi connectivity index (χ0n) is 70.5. The number of hydrogen-bond acceptors (Lipinski definition) is 6. The van der Waals surface area contributed by atoms with Crippen LogP contribution < -0.4 is 0 Å². The fraction of sp³-hybridized carbons (Fsp3) is 0.974. The molecule has 6 heterocycles. The number of ether oxygens (including phenoxy) is 2. The smallest absolute Gasteiger partial charge is 0.222 e. The molecule has 0 aromatic heterocycles. The van der Waals surface area contributed by atoms with Gasteiger partial charge in [-0.1, -0.05) is 274 Å². The predicted octanol–water partition coefficient (Wildman–Crippen LogP) is 24.4. The molecule has 6 saturated heterocycles. The molecular weight excluding hydrogens is 1090 g/mol. The Bertz CT molecular complexity index is 974. The van der Waals surface area contributed by atoms with E-state index in [9.17, 15) is 4.79 Å². The number of nitrogens with zero attached hydrogens (tertiary/aromatic N) is 4. The second-order valence-electron chi connectivity index (χ2n) is 22.1. The molecule has 7 nitrogen and oxygen atoms in total. The van der Waals surface area contributed by atoms with Gasteiger partial charge in [0.2, 0.25) is 5.91 Å². The Balaban J connectivity index is -0.0000000385. The third-order valence-corrected chi connectivity index (χ3v) is 10.9. The monoisotopic (exact) mass is 1270 g/mol. The van der Waals surface area contributed by atoms with Crippen molar-refractivity contribution in [2.75, 3.05) is 52.6 Å². The lowest BCUT2D eigenvalue weighted by Crippen LogP contribution is -2.65. The van der Waals surface area contributed by atoms with E-state index < -0.39 is 0 Å². The molecule has 6 fully saturated rings. The van der Waals surface area contributed by atoms with Gasteiger partial charge in [-0.3, -0.25) is 14.6 Å². The standard InChI is InChI=1S/2C10H19NO.C8H15NO.C8H15NS.4C4H10.12C2H6.4B/c2*1-9(2)11-6-4-3-5-10(11)7-12-8-10;2*1-7(2)9-6-4-3-5-8(9)10;4*1-4(2)3;12*1-2;;;;/h2*9H,3-8H2,1-2H3;2*7H,3-6H2,1-2H3;4*4H,1-3H3;12*1-2H3;;;;. The fourth-order valence-corrected chi connectivity index (χ4v) is 8.33. The summed E-state index contributed by atoms with van der Waals surface area (Å²) in [5.74, 6) is 3.67. The summed E-state index contributed by atoms with van der Waals surface area (Å²) in [6.45, 7) is 100. The third-order valence-electron chi connectivity index (χ3n) is 10.5. The Morgan fingerprint density at radius 2 is 0.511 bits per heavy atom. The van der Waals surface area contributed by atoms with Crippen LogP contribution in [-0.4, -0.2) is 152 Å². The topological polar surface area (TPSA) is 48.5 Å². The van der Waals surface area contributed by atoms with E-state index in [4.69, 9.17) is 21.7 Å². The number of piperidine rings is 4. The van der Waals surface area contributed by atoms with Gasteiger partial charge in [0.05, 0.1) is 42.5 Å². The summed E-state index contributed by atoms with van der Waals surface area (Å²) in [7, 11) is 0. The van der Waals surface area contributed by atoms with E-state index in [1.807, 2.05) is 171 Å². The molecular formula is C76H180B4N4O3S. The maximum absolute atomic E-state index is 11.2. The van der Waals surface area contributed by atoms with Crippen LogP contribution >= 0.6 is 12.2 Å². The Morgan fingerprint density at radius 1 is 0.307 bits per heavy atom. The Labute approximate surface area is 580 Å². The second kappa shape index (κ2) is 111. The highest BCUT2D eigenvalue weighted by Crippen LogP contribution is 2.37. The van der Waals surface area contributed by atoms with Crippen LogP contribution in [0.3, 0.4) is 0 Å². The van der Waals surface area contributed by atoms with Gasteiger partial charge in [0.15, 0.2) is 0 Å². The van der Waals surface area contributed by atoms with E-state index in [0.29, 0.717) is 41.2 Å². The minimum Gasteiger partial charge on any atom is -0.377 e. The lowest BCUT2D eigenvalue weighted by Gasteiger charge is -2.54. The lowest BCUT2D eigenvalue weighted by molar-refractivity contribution is -0.165. The minimum absolute atomic E-state index is 0. The molecule has 6 aliphatic heterocycles. The van der Waals surface area contributed by atoms with Crippen molar-refractivity contribution in [2.24, 2.45) is 23.7 Å². The van der Waals surface area contributed by atoms with Crippen LogP contribution in [0, 0.1) is 23.7 Å². The molecule has 540 valence electrons. The number of hydrogen-bond donors (Lipinski definition) is 0. The summed E-state index contributed by atoms with van der Waals surface area (Å²) in [6, 6.07) is 2.38. The first-order valence-corrected chi connectivity index (χ1v) is 37.5. The summed E-state index contributed by atoms with van der Waals surface area (Å²) in [5, 5.41) is 0. The summed E-state index contributed by atoms with van der Waals surface area (Å²) in [4.78, 5) is 21.9. The van der Waals surface area contributed by atoms with Gasteiger partial charge >= 0.3 is 0 Å². The first-order chi connectivity index (χ1) is 39.8. The number of carbonyl (C=O) groups excluding carboxylic acids is 1. The van der Waals surface area contributed by atoms with Gasteiger partial charge in [0.1, 0.15) is 0 Å². The van der Waals surface area contributed by atoms with Crippen LogP contribution in [0.25, 0.3) is 0 Å². The fourth-order valence-electron chi connectivity index (χ4n) is 7.89. The lowest BCUT2D eigenvalue weighted by atomic mass is 9.84. The molecule has 88 heavy (non-hydrogen) atoms. The molecule has 1 amide bonds. The normalized spacial score (nSPS) is 15.0. The molecule has 6 aliphatic rings. The molecule has 12 heteroatoms. The second-order valence-corrected chi connectivity index (χ2v) is 22.6.